The normalized spacial score (nSPS) is 18.3. The van der Waals surface area contributed by atoms with Gasteiger partial charge in [-0.2, -0.15) is 0 Å². The van der Waals surface area contributed by atoms with Gasteiger partial charge in [0.15, 0.2) is 17.5 Å². The summed E-state index contributed by atoms with van der Waals surface area (Å²) in [6.45, 7) is 6.21. The number of phenolic OH excluding ortho intramolecular Hbond substituents is 1. The van der Waals surface area contributed by atoms with Crippen molar-refractivity contribution in [3.63, 3.8) is 0 Å². The van der Waals surface area contributed by atoms with Crippen LogP contribution in [0.25, 0.3) is 0 Å². The standard InChI is InChI=1S/C13H15F3N2O/c1-2-9(18-5-3-17-4-6-18)11-10(19)7-8(14)12(15)13(11)16/h2,7,9,17,19H,1,3-6H2/t9-/m0/s1. The lowest BCUT2D eigenvalue weighted by Gasteiger charge is -2.33. The number of rotatable bonds is 3. The Morgan fingerprint density at radius 2 is 1.89 bits per heavy atom. The van der Waals surface area contributed by atoms with E-state index in [0.717, 1.165) is 0 Å². The number of halogens is 3. The Morgan fingerprint density at radius 1 is 1.26 bits per heavy atom. The first-order valence-electron chi connectivity index (χ1n) is 6.00. The third-order valence-corrected chi connectivity index (χ3v) is 3.24. The van der Waals surface area contributed by atoms with E-state index in [4.69, 9.17) is 0 Å². The molecule has 0 aliphatic carbocycles. The fraction of sp³-hybridized carbons (Fsp3) is 0.385. The molecule has 0 amide bonds. The molecule has 0 bridgehead atoms. The van der Waals surface area contributed by atoms with E-state index in [9.17, 15) is 18.3 Å². The number of piperazine rings is 1. The van der Waals surface area contributed by atoms with Crippen LogP contribution in [0.4, 0.5) is 13.2 Å². The van der Waals surface area contributed by atoms with Gasteiger partial charge in [-0.3, -0.25) is 4.90 Å². The van der Waals surface area contributed by atoms with Gasteiger partial charge < -0.3 is 10.4 Å². The van der Waals surface area contributed by atoms with Gasteiger partial charge in [-0.1, -0.05) is 6.08 Å². The highest BCUT2D eigenvalue weighted by Crippen LogP contribution is 2.34. The van der Waals surface area contributed by atoms with Crippen molar-refractivity contribution in [3.8, 4) is 5.75 Å². The van der Waals surface area contributed by atoms with Crippen LogP contribution in [0.15, 0.2) is 18.7 Å². The second-order valence-corrected chi connectivity index (χ2v) is 4.39. The zero-order valence-corrected chi connectivity index (χ0v) is 10.3. The highest BCUT2D eigenvalue weighted by Gasteiger charge is 2.28. The third-order valence-electron chi connectivity index (χ3n) is 3.24. The van der Waals surface area contributed by atoms with Crippen LogP contribution in [0.2, 0.25) is 0 Å². The number of nitrogens with one attached hydrogen (secondary N) is 1. The van der Waals surface area contributed by atoms with Crippen molar-refractivity contribution in [2.24, 2.45) is 0 Å². The Hall–Kier alpha value is -1.53. The third kappa shape index (κ3) is 2.59. The van der Waals surface area contributed by atoms with E-state index >= 15 is 0 Å². The van der Waals surface area contributed by atoms with Crippen molar-refractivity contribution in [1.29, 1.82) is 0 Å². The number of phenols is 1. The molecule has 0 radical (unpaired) electrons. The highest BCUT2D eigenvalue weighted by atomic mass is 19.2. The van der Waals surface area contributed by atoms with E-state index in [0.29, 0.717) is 32.2 Å². The van der Waals surface area contributed by atoms with Gasteiger partial charge >= 0.3 is 0 Å². The molecule has 3 nitrogen and oxygen atoms in total. The zero-order valence-electron chi connectivity index (χ0n) is 10.3. The first-order valence-corrected chi connectivity index (χ1v) is 6.00. The molecule has 1 aromatic rings. The molecule has 2 rings (SSSR count). The highest BCUT2D eigenvalue weighted by molar-refractivity contribution is 5.39. The molecule has 1 aliphatic heterocycles. The summed E-state index contributed by atoms with van der Waals surface area (Å²) in [4.78, 5) is 1.85. The first-order chi connectivity index (χ1) is 9.06. The van der Waals surface area contributed by atoms with Crippen molar-refractivity contribution in [3.05, 3.63) is 41.7 Å². The molecule has 1 heterocycles. The minimum absolute atomic E-state index is 0.268. The molecule has 104 valence electrons. The van der Waals surface area contributed by atoms with Crippen LogP contribution in [0.5, 0.6) is 5.75 Å². The van der Waals surface area contributed by atoms with Crippen molar-refractivity contribution >= 4 is 0 Å². The van der Waals surface area contributed by atoms with Gasteiger partial charge in [0.1, 0.15) is 5.75 Å². The lowest BCUT2D eigenvalue weighted by atomic mass is 10.0. The minimum Gasteiger partial charge on any atom is -0.507 e. The van der Waals surface area contributed by atoms with Gasteiger partial charge in [0.05, 0.1) is 11.6 Å². The van der Waals surface area contributed by atoms with Crippen LogP contribution in [0.1, 0.15) is 11.6 Å². The van der Waals surface area contributed by atoms with E-state index in [1.165, 1.54) is 6.08 Å². The zero-order chi connectivity index (χ0) is 14.0. The second-order valence-electron chi connectivity index (χ2n) is 4.39. The predicted octanol–water partition coefficient (Wildman–Crippen LogP) is 1.94. The molecule has 0 saturated carbocycles. The van der Waals surface area contributed by atoms with Crippen molar-refractivity contribution in [2.45, 2.75) is 6.04 Å². The van der Waals surface area contributed by atoms with Gasteiger partial charge in [0.2, 0.25) is 0 Å². The van der Waals surface area contributed by atoms with Crippen LogP contribution in [-0.4, -0.2) is 36.2 Å². The molecule has 1 saturated heterocycles. The molecular formula is C13H15F3N2O. The van der Waals surface area contributed by atoms with Crippen LogP contribution in [0.3, 0.4) is 0 Å². The molecule has 0 unspecified atom stereocenters. The molecular weight excluding hydrogens is 257 g/mol. The lowest BCUT2D eigenvalue weighted by Crippen LogP contribution is -2.44. The summed E-state index contributed by atoms with van der Waals surface area (Å²) in [6, 6.07) is -0.0934. The molecule has 1 aliphatic rings. The fourth-order valence-electron chi connectivity index (χ4n) is 2.29. The lowest BCUT2D eigenvalue weighted by molar-refractivity contribution is 0.196. The van der Waals surface area contributed by atoms with E-state index in [-0.39, 0.29) is 5.56 Å². The number of nitrogens with zero attached hydrogens (tertiary/aromatic N) is 1. The number of hydrogen-bond donors (Lipinski definition) is 2. The SMILES string of the molecule is C=C[C@@H](c1c(O)cc(F)c(F)c1F)N1CCNCC1. The van der Waals surface area contributed by atoms with Gasteiger partial charge in [-0.15, -0.1) is 6.58 Å². The minimum atomic E-state index is -1.57. The smallest absolute Gasteiger partial charge is 0.195 e. The molecule has 1 fully saturated rings. The van der Waals surface area contributed by atoms with Gasteiger partial charge in [-0.25, -0.2) is 13.2 Å². The monoisotopic (exact) mass is 272 g/mol. The maximum Gasteiger partial charge on any atom is 0.195 e. The molecule has 1 atom stereocenters. The van der Waals surface area contributed by atoms with Crippen molar-refractivity contribution < 1.29 is 18.3 Å². The van der Waals surface area contributed by atoms with Crippen LogP contribution >= 0.6 is 0 Å². The average Bonchev–Trinajstić information content (AvgIpc) is 2.42. The Morgan fingerprint density at radius 3 is 2.47 bits per heavy atom. The summed E-state index contributed by atoms with van der Waals surface area (Å²) in [5, 5.41) is 12.8. The van der Waals surface area contributed by atoms with Gasteiger partial charge in [0.25, 0.3) is 0 Å². The van der Waals surface area contributed by atoms with Crippen LogP contribution < -0.4 is 5.32 Å². The molecule has 19 heavy (non-hydrogen) atoms. The number of benzene rings is 1. The summed E-state index contributed by atoms with van der Waals surface area (Å²) < 4.78 is 40.2. The summed E-state index contributed by atoms with van der Waals surface area (Å²) in [5.74, 6) is -4.93. The van der Waals surface area contributed by atoms with E-state index in [2.05, 4.69) is 11.9 Å². The van der Waals surface area contributed by atoms with E-state index < -0.39 is 29.2 Å². The topological polar surface area (TPSA) is 35.5 Å². The first kappa shape index (κ1) is 13.9. The molecule has 6 heteroatoms. The molecule has 0 spiro atoms. The predicted molar refractivity (Wildman–Crippen MR) is 65.4 cm³/mol. The maximum absolute atomic E-state index is 13.9. The summed E-state index contributed by atoms with van der Waals surface area (Å²) in [5.41, 5.74) is -0.268. The quantitative estimate of drug-likeness (QED) is 0.652. The maximum atomic E-state index is 13.9. The molecule has 1 aromatic carbocycles. The Kier molecular flexibility index (Phi) is 4.11. The summed E-state index contributed by atoms with van der Waals surface area (Å²) >= 11 is 0. The number of aromatic hydroxyl groups is 1. The largest absolute Gasteiger partial charge is 0.507 e. The second kappa shape index (κ2) is 5.63. The Labute approximate surface area is 109 Å². The summed E-state index contributed by atoms with van der Waals surface area (Å²) in [6.07, 6.45) is 1.42. The van der Waals surface area contributed by atoms with Gasteiger partial charge in [-0.05, 0) is 0 Å². The van der Waals surface area contributed by atoms with E-state index in [1.54, 1.807) is 0 Å². The Bertz CT molecular complexity index is 487. The molecule has 2 N–H and O–H groups in total. The fourth-order valence-corrected chi connectivity index (χ4v) is 2.29. The van der Waals surface area contributed by atoms with E-state index in [1.807, 2.05) is 4.90 Å². The van der Waals surface area contributed by atoms with Crippen LogP contribution in [0, 0.1) is 17.5 Å². The van der Waals surface area contributed by atoms with Crippen molar-refractivity contribution in [2.75, 3.05) is 26.2 Å². The molecule has 0 aromatic heterocycles. The number of hydrogen-bond acceptors (Lipinski definition) is 3. The summed E-state index contributed by atoms with van der Waals surface area (Å²) in [7, 11) is 0. The Balaban J connectivity index is 2.43. The average molecular weight is 272 g/mol. The van der Waals surface area contributed by atoms with Crippen LogP contribution in [-0.2, 0) is 0 Å². The van der Waals surface area contributed by atoms with Crippen molar-refractivity contribution in [1.82, 2.24) is 10.2 Å². The van der Waals surface area contributed by atoms with Gasteiger partial charge in [0, 0.05) is 32.2 Å².